The lowest BCUT2D eigenvalue weighted by atomic mass is 9.96. The summed E-state index contributed by atoms with van der Waals surface area (Å²) in [5.74, 6) is 3.86. The highest BCUT2D eigenvalue weighted by Crippen LogP contribution is 2.49. The second-order valence-corrected chi connectivity index (χ2v) is 7.64. The number of nitrogens with zero attached hydrogens (tertiary/aromatic N) is 2. The van der Waals surface area contributed by atoms with E-state index in [4.69, 9.17) is 0 Å². The van der Waals surface area contributed by atoms with Gasteiger partial charge in [0.15, 0.2) is 0 Å². The molecule has 4 heteroatoms. The lowest BCUT2D eigenvalue weighted by Crippen LogP contribution is -2.18. The van der Waals surface area contributed by atoms with Gasteiger partial charge in [0.2, 0.25) is 5.13 Å². The predicted octanol–water partition coefficient (Wildman–Crippen LogP) is 3.68. The monoisotopic (exact) mass is 265 g/mol. The van der Waals surface area contributed by atoms with Gasteiger partial charge in [-0.2, -0.15) is 4.37 Å². The summed E-state index contributed by atoms with van der Waals surface area (Å²) in [6, 6.07) is 0. The Balaban J connectivity index is 1.57. The van der Waals surface area contributed by atoms with Crippen molar-refractivity contribution in [3.63, 3.8) is 0 Å². The Kier molecular flexibility index (Phi) is 3.08. The van der Waals surface area contributed by atoms with E-state index in [1.165, 1.54) is 37.2 Å². The molecular weight excluding hydrogens is 242 g/mol. The molecule has 0 aromatic carbocycles. The van der Waals surface area contributed by atoms with Crippen LogP contribution in [-0.4, -0.2) is 15.9 Å². The van der Waals surface area contributed by atoms with E-state index in [1.807, 2.05) is 0 Å². The quantitative estimate of drug-likeness (QED) is 0.882. The van der Waals surface area contributed by atoms with E-state index in [2.05, 4.69) is 35.4 Å². The number of rotatable bonds is 5. The van der Waals surface area contributed by atoms with Crippen LogP contribution in [0.25, 0.3) is 0 Å². The summed E-state index contributed by atoms with van der Waals surface area (Å²) in [6.07, 6.45) is 5.80. The summed E-state index contributed by atoms with van der Waals surface area (Å²) >= 11 is 1.51. The van der Waals surface area contributed by atoms with Crippen molar-refractivity contribution < 1.29 is 0 Å². The molecule has 0 amide bonds. The highest BCUT2D eigenvalue weighted by molar-refractivity contribution is 7.09. The largest absolute Gasteiger partial charge is 0.360 e. The summed E-state index contributed by atoms with van der Waals surface area (Å²) < 4.78 is 4.45. The van der Waals surface area contributed by atoms with Crippen LogP contribution >= 0.6 is 11.5 Å². The van der Waals surface area contributed by atoms with E-state index in [0.29, 0.717) is 0 Å². The van der Waals surface area contributed by atoms with Crippen LogP contribution in [0.3, 0.4) is 0 Å². The molecule has 0 unspecified atom stereocenters. The molecule has 2 fully saturated rings. The van der Waals surface area contributed by atoms with Crippen molar-refractivity contribution in [2.75, 3.05) is 11.9 Å². The molecule has 18 heavy (non-hydrogen) atoms. The van der Waals surface area contributed by atoms with Crippen LogP contribution in [0.5, 0.6) is 0 Å². The van der Waals surface area contributed by atoms with Gasteiger partial charge in [0, 0.05) is 23.5 Å². The van der Waals surface area contributed by atoms with Gasteiger partial charge in [0.25, 0.3) is 0 Å². The molecule has 2 aliphatic rings. The van der Waals surface area contributed by atoms with E-state index < -0.39 is 0 Å². The van der Waals surface area contributed by atoms with E-state index in [1.54, 1.807) is 0 Å². The molecule has 0 aliphatic heterocycles. The molecule has 1 aromatic rings. The number of anilines is 1. The maximum atomic E-state index is 4.61. The maximum absolute atomic E-state index is 4.61. The van der Waals surface area contributed by atoms with Gasteiger partial charge in [-0.1, -0.05) is 20.8 Å². The van der Waals surface area contributed by atoms with Crippen molar-refractivity contribution in [3.05, 3.63) is 5.82 Å². The number of nitrogens with one attached hydrogen (secondary N) is 1. The molecule has 1 N–H and O–H groups in total. The summed E-state index contributed by atoms with van der Waals surface area (Å²) in [5, 5.41) is 4.53. The summed E-state index contributed by atoms with van der Waals surface area (Å²) in [7, 11) is 0. The third kappa shape index (κ3) is 2.85. The van der Waals surface area contributed by atoms with Crippen molar-refractivity contribution in [3.8, 4) is 0 Å². The molecule has 3 nitrogen and oxygen atoms in total. The Bertz CT molecular complexity index is 401. The van der Waals surface area contributed by atoms with Gasteiger partial charge in [0.1, 0.15) is 5.82 Å². The normalized spacial score (nSPS) is 20.4. The van der Waals surface area contributed by atoms with Gasteiger partial charge in [-0.05, 0) is 43.4 Å². The minimum absolute atomic E-state index is 0.0583. The van der Waals surface area contributed by atoms with E-state index >= 15 is 0 Å². The predicted molar refractivity (Wildman–Crippen MR) is 76.0 cm³/mol. The average molecular weight is 265 g/mol. The SMILES string of the molecule is CC(C)(C)c1nsc(NCC(C2CC2)C2CC2)n1. The average Bonchev–Trinajstić information content (AvgIpc) is 3.19. The van der Waals surface area contributed by atoms with E-state index in [0.717, 1.165) is 35.3 Å². The number of hydrogen-bond acceptors (Lipinski definition) is 4. The molecule has 100 valence electrons. The lowest BCUT2D eigenvalue weighted by molar-refractivity contribution is 0.428. The molecule has 0 radical (unpaired) electrons. The van der Waals surface area contributed by atoms with Crippen LogP contribution in [0.2, 0.25) is 0 Å². The number of hydrogen-bond donors (Lipinski definition) is 1. The topological polar surface area (TPSA) is 37.8 Å². The van der Waals surface area contributed by atoms with Crippen molar-refractivity contribution in [2.24, 2.45) is 17.8 Å². The lowest BCUT2D eigenvalue weighted by Gasteiger charge is -2.15. The Morgan fingerprint density at radius 1 is 1.22 bits per heavy atom. The Morgan fingerprint density at radius 2 is 1.83 bits per heavy atom. The van der Waals surface area contributed by atoms with Crippen molar-refractivity contribution in [1.82, 2.24) is 9.36 Å². The minimum atomic E-state index is 0.0583. The Morgan fingerprint density at radius 3 is 2.28 bits per heavy atom. The molecule has 0 saturated heterocycles. The fourth-order valence-corrected chi connectivity index (χ4v) is 3.33. The first kappa shape index (κ1) is 12.4. The van der Waals surface area contributed by atoms with Crippen LogP contribution < -0.4 is 5.32 Å². The Hall–Kier alpha value is -0.640. The van der Waals surface area contributed by atoms with Crippen molar-refractivity contribution in [2.45, 2.75) is 51.9 Å². The summed E-state index contributed by atoms with van der Waals surface area (Å²) in [5.41, 5.74) is 0.0583. The zero-order valence-electron chi connectivity index (χ0n) is 11.6. The second-order valence-electron chi connectivity index (χ2n) is 6.89. The molecular formula is C14H23N3S. The van der Waals surface area contributed by atoms with Gasteiger partial charge in [-0.15, -0.1) is 0 Å². The molecule has 3 rings (SSSR count). The third-order valence-corrected chi connectivity index (χ3v) is 4.71. The molecule has 0 bridgehead atoms. The molecule has 0 atom stereocenters. The van der Waals surface area contributed by atoms with E-state index in [9.17, 15) is 0 Å². The highest BCUT2D eigenvalue weighted by Gasteiger charge is 2.41. The minimum Gasteiger partial charge on any atom is -0.360 e. The molecule has 1 aromatic heterocycles. The van der Waals surface area contributed by atoms with Crippen LogP contribution in [0.15, 0.2) is 0 Å². The molecule has 1 heterocycles. The first-order valence-corrected chi connectivity index (χ1v) is 7.89. The zero-order valence-corrected chi connectivity index (χ0v) is 12.4. The van der Waals surface area contributed by atoms with Gasteiger partial charge in [-0.25, -0.2) is 4.98 Å². The fourth-order valence-electron chi connectivity index (χ4n) is 2.57. The summed E-state index contributed by atoms with van der Waals surface area (Å²) in [4.78, 5) is 4.61. The van der Waals surface area contributed by atoms with Crippen LogP contribution in [-0.2, 0) is 5.41 Å². The van der Waals surface area contributed by atoms with Gasteiger partial charge >= 0.3 is 0 Å². The first-order valence-electron chi connectivity index (χ1n) is 7.12. The zero-order chi connectivity index (χ0) is 12.8. The smallest absolute Gasteiger partial charge is 0.202 e. The molecule has 2 saturated carbocycles. The maximum Gasteiger partial charge on any atom is 0.202 e. The first-order chi connectivity index (χ1) is 8.54. The van der Waals surface area contributed by atoms with Gasteiger partial charge in [0.05, 0.1) is 0 Å². The van der Waals surface area contributed by atoms with Crippen molar-refractivity contribution in [1.29, 1.82) is 0 Å². The Labute approximate surface area is 114 Å². The van der Waals surface area contributed by atoms with Gasteiger partial charge in [-0.3, -0.25) is 0 Å². The van der Waals surface area contributed by atoms with Crippen LogP contribution in [0, 0.1) is 17.8 Å². The van der Waals surface area contributed by atoms with E-state index in [-0.39, 0.29) is 5.41 Å². The standard InChI is InChI=1S/C14H23N3S/c1-14(2,3)12-16-13(18-17-12)15-8-11(9-4-5-9)10-6-7-10/h9-11H,4-8H2,1-3H3,(H,15,16,17). The highest BCUT2D eigenvalue weighted by atomic mass is 32.1. The number of aromatic nitrogens is 2. The summed E-state index contributed by atoms with van der Waals surface area (Å²) in [6.45, 7) is 7.59. The third-order valence-electron chi connectivity index (χ3n) is 4.04. The van der Waals surface area contributed by atoms with Crippen molar-refractivity contribution >= 4 is 16.7 Å². The molecule has 2 aliphatic carbocycles. The molecule has 0 spiro atoms. The van der Waals surface area contributed by atoms with Crippen LogP contribution in [0.1, 0.15) is 52.3 Å². The fraction of sp³-hybridized carbons (Fsp3) is 0.857. The van der Waals surface area contributed by atoms with Gasteiger partial charge < -0.3 is 5.32 Å². The second kappa shape index (κ2) is 4.48. The van der Waals surface area contributed by atoms with Crippen LogP contribution in [0.4, 0.5) is 5.13 Å².